The predicted octanol–water partition coefficient (Wildman–Crippen LogP) is 3.84. The summed E-state index contributed by atoms with van der Waals surface area (Å²) >= 11 is 5.91. The Hall–Kier alpha value is -4.04. The molecule has 0 aliphatic rings. The maximum Gasteiger partial charge on any atom is 0.338 e. The van der Waals surface area contributed by atoms with Crippen LogP contribution in [0.3, 0.4) is 0 Å². The first kappa shape index (κ1) is 24.6. The van der Waals surface area contributed by atoms with Gasteiger partial charge < -0.3 is 24.8 Å². The molecule has 0 aliphatic carbocycles. The van der Waals surface area contributed by atoms with Gasteiger partial charge >= 0.3 is 5.97 Å². The Labute approximate surface area is 201 Å². The van der Waals surface area contributed by atoms with Crippen LogP contribution in [0, 0.1) is 0 Å². The van der Waals surface area contributed by atoms with Gasteiger partial charge in [0, 0.05) is 23.3 Å². The molecule has 0 radical (unpaired) electrons. The summed E-state index contributed by atoms with van der Waals surface area (Å²) in [4.78, 5) is 36.2. The third kappa shape index (κ3) is 7.83. The van der Waals surface area contributed by atoms with Crippen molar-refractivity contribution in [3.63, 3.8) is 0 Å². The summed E-state index contributed by atoms with van der Waals surface area (Å²) < 4.78 is 15.6. The molecule has 34 heavy (non-hydrogen) atoms. The molecule has 0 aliphatic heterocycles. The molecule has 2 amide bonds. The van der Waals surface area contributed by atoms with Crippen molar-refractivity contribution in [3.8, 4) is 11.5 Å². The lowest BCUT2D eigenvalue weighted by Gasteiger charge is -2.09. The second kappa shape index (κ2) is 12.3. The predicted molar refractivity (Wildman–Crippen MR) is 127 cm³/mol. The monoisotopic (exact) mass is 482 g/mol. The van der Waals surface area contributed by atoms with Crippen LogP contribution in [0.5, 0.6) is 11.5 Å². The SMILES string of the molecule is COc1cccc(NC(=O)COc2ccc(C(=O)OCC(=O)NCc3cccc(Cl)c3)cc2)c1. The normalized spacial score (nSPS) is 10.2. The smallest absolute Gasteiger partial charge is 0.338 e. The Morgan fingerprint density at radius 1 is 0.853 bits per heavy atom. The Morgan fingerprint density at radius 2 is 1.62 bits per heavy atom. The minimum absolute atomic E-state index is 0.214. The van der Waals surface area contributed by atoms with E-state index in [9.17, 15) is 14.4 Å². The number of esters is 1. The van der Waals surface area contributed by atoms with Gasteiger partial charge in [0.2, 0.25) is 0 Å². The number of benzene rings is 3. The first-order valence-corrected chi connectivity index (χ1v) is 10.7. The van der Waals surface area contributed by atoms with Crippen molar-refractivity contribution in [2.75, 3.05) is 25.6 Å². The van der Waals surface area contributed by atoms with Crippen molar-refractivity contribution in [2.45, 2.75) is 6.54 Å². The van der Waals surface area contributed by atoms with E-state index in [4.69, 9.17) is 25.8 Å². The average Bonchev–Trinajstić information content (AvgIpc) is 2.85. The van der Waals surface area contributed by atoms with Gasteiger partial charge in [0.25, 0.3) is 11.8 Å². The zero-order chi connectivity index (χ0) is 24.3. The lowest BCUT2D eigenvalue weighted by molar-refractivity contribution is -0.124. The van der Waals surface area contributed by atoms with Gasteiger partial charge in [0.15, 0.2) is 13.2 Å². The van der Waals surface area contributed by atoms with Crippen molar-refractivity contribution >= 4 is 35.1 Å². The molecule has 0 saturated carbocycles. The molecule has 8 nitrogen and oxygen atoms in total. The highest BCUT2D eigenvalue weighted by molar-refractivity contribution is 6.30. The summed E-state index contributed by atoms with van der Waals surface area (Å²) in [6.07, 6.45) is 0. The fourth-order valence-electron chi connectivity index (χ4n) is 2.85. The number of hydrogen-bond donors (Lipinski definition) is 2. The van der Waals surface area contributed by atoms with Gasteiger partial charge in [0.05, 0.1) is 12.7 Å². The second-order valence-corrected chi connectivity index (χ2v) is 7.51. The van der Waals surface area contributed by atoms with Crippen LogP contribution in [0.15, 0.2) is 72.8 Å². The molecule has 0 aromatic heterocycles. The van der Waals surface area contributed by atoms with E-state index in [0.29, 0.717) is 22.2 Å². The van der Waals surface area contributed by atoms with Crippen LogP contribution in [0.1, 0.15) is 15.9 Å². The summed E-state index contributed by atoms with van der Waals surface area (Å²) in [5, 5.41) is 5.93. The summed E-state index contributed by atoms with van der Waals surface area (Å²) in [5.74, 6) is -0.410. The van der Waals surface area contributed by atoms with E-state index in [1.165, 1.54) is 24.3 Å². The number of hydrogen-bond acceptors (Lipinski definition) is 6. The molecular weight excluding hydrogens is 460 g/mol. The van der Waals surface area contributed by atoms with E-state index in [0.717, 1.165) is 5.56 Å². The zero-order valence-corrected chi connectivity index (χ0v) is 19.1. The van der Waals surface area contributed by atoms with Gasteiger partial charge in [-0.15, -0.1) is 0 Å². The minimum Gasteiger partial charge on any atom is -0.497 e. The first-order valence-electron chi connectivity index (χ1n) is 10.3. The number of halogens is 1. The standard InChI is InChI=1S/C25H23ClN2O6/c1-32-22-7-3-6-20(13-22)28-24(30)16-33-21-10-8-18(9-11-21)25(31)34-15-23(29)27-14-17-4-2-5-19(26)12-17/h2-13H,14-16H2,1H3,(H,27,29)(H,28,30). The van der Waals surface area contributed by atoms with E-state index in [1.54, 1.807) is 49.6 Å². The van der Waals surface area contributed by atoms with Crippen LogP contribution < -0.4 is 20.1 Å². The molecule has 0 atom stereocenters. The van der Waals surface area contributed by atoms with Gasteiger partial charge in [0.1, 0.15) is 11.5 Å². The van der Waals surface area contributed by atoms with Gasteiger partial charge in [-0.2, -0.15) is 0 Å². The molecule has 0 saturated heterocycles. The van der Waals surface area contributed by atoms with Crippen molar-refractivity contribution in [1.29, 1.82) is 0 Å². The molecule has 3 aromatic carbocycles. The molecule has 0 bridgehead atoms. The fourth-order valence-corrected chi connectivity index (χ4v) is 3.06. The Kier molecular flexibility index (Phi) is 8.88. The third-order valence-corrected chi connectivity index (χ3v) is 4.76. The first-order chi connectivity index (χ1) is 16.4. The number of nitrogens with one attached hydrogen (secondary N) is 2. The number of rotatable bonds is 10. The van der Waals surface area contributed by atoms with Crippen molar-refractivity contribution in [1.82, 2.24) is 5.32 Å². The highest BCUT2D eigenvalue weighted by Gasteiger charge is 2.11. The number of methoxy groups -OCH3 is 1. The Bertz CT molecular complexity index is 1150. The largest absolute Gasteiger partial charge is 0.497 e. The van der Waals surface area contributed by atoms with Crippen molar-refractivity contribution in [3.05, 3.63) is 88.9 Å². The lowest BCUT2D eigenvalue weighted by atomic mass is 10.2. The number of carbonyl (C=O) groups is 3. The topological polar surface area (TPSA) is 103 Å². The maximum atomic E-state index is 12.2. The molecule has 0 spiro atoms. The van der Waals surface area contributed by atoms with Crippen LogP contribution in [-0.4, -0.2) is 38.1 Å². The van der Waals surface area contributed by atoms with E-state index < -0.39 is 18.5 Å². The molecule has 3 rings (SSSR count). The van der Waals surface area contributed by atoms with Crippen LogP contribution in [-0.2, 0) is 20.9 Å². The molecular formula is C25H23ClN2O6. The number of amides is 2. The summed E-state index contributed by atoms with van der Waals surface area (Å²) in [5.41, 5.74) is 1.67. The van der Waals surface area contributed by atoms with Crippen molar-refractivity contribution < 1.29 is 28.6 Å². The van der Waals surface area contributed by atoms with Crippen LogP contribution >= 0.6 is 11.6 Å². The van der Waals surface area contributed by atoms with Gasteiger partial charge in [-0.25, -0.2) is 4.79 Å². The van der Waals surface area contributed by atoms with Gasteiger partial charge in [-0.1, -0.05) is 29.8 Å². The molecule has 3 aromatic rings. The van der Waals surface area contributed by atoms with E-state index >= 15 is 0 Å². The minimum atomic E-state index is -0.653. The Balaban J connectivity index is 1.40. The quantitative estimate of drug-likeness (QED) is 0.426. The lowest BCUT2D eigenvalue weighted by Crippen LogP contribution is -2.28. The average molecular weight is 483 g/mol. The van der Waals surface area contributed by atoms with Crippen LogP contribution in [0.4, 0.5) is 5.69 Å². The van der Waals surface area contributed by atoms with Crippen LogP contribution in [0.25, 0.3) is 0 Å². The molecule has 9 heteroatoms. The van der Waals surface area contributed by atoms with E-state index in [-0.39, 0.29) is 24.6 Å². The van der Waals surface area contributed by atoms with E-state index in [2.05, 4.69) is 10.6 Å². The van der Waals surface area contributed by atoms with E-state index in [1.807, 2.05) is 6.07 Å². The third-order valence-electron chi connectivity index (χ3n) is 4.53. The molecule has 0 fully saturated rings. The van der Waals surface area contributed by atoms with Crippen LogP contribution in [0.2, 0.25) is 5.02 Å². The molecule has 0 heterocycles. The summed E-state index contributed by atoms with van der Waals surface area (Å²) in [6.45, 7) is -0.357. The zero-order valence-electron chi connectivity index (χ0n) is 18.4. The molecule has 0 unspecified atom stereocenters. The number of carbonyl (C=O) groups excluding carboxylic acids is 3. The number of ether oxygens (including phenoxy) is 3. The fraction of sp³-hybridized carbons (Fsp3) is 0.160. The Morgan fingerprint density at radius 3 is 2.35 bits per heavy atom. The summed E-state index contributed by atoms with van der Waals surface area (Å²) in [7, 11) is 1.54. The maximum absolute atomic E-state index is 12.2. The van der Waals surface area contributed by atoms with Gasteiger partial charge in [-0.05, 0) is 54.1 Å². The molecule has 2 N–H and O–H groups in total. The second-order valence-electron chi connectivity index (χ2n) is 7.08. The summed E-state index contributed by atoms with van der Waals surface area (Å²) in [6, 6.07) is 20.1. The van der Waals surface area contributed by atoms with Gasteiger partial charge in [-0.3, -0.25) is 9.59 Å². The highest BCUT2D eigenvalue weighted by Crippen LogP contribution is 2.17. The van der Waals surface area contributed by atoms with Crippen molar-refractivity contribution in [2.24, 2.45) is 0 Å². The number of anilines is 1. The highest BCUT2D eigenvalue weighted by atomic mass is 35.5. The molecule has 176 valence electrons.